The van der Waals surface area contributed by atoms with Crippen LogP contribution in [0.3, 0.4) is 0 Å². The number of nitrogens with one attached hydrogen (secondary N) is 3. The molecule has 2 bridgehead atoms. The fourth-order valence-corrected chi connectivity index (χ4v) is 7.68. The number of aromatic hydroxyl groups is 1. The van der Waals surface area contributed by atoms with Crippen molar-refractivity contribution >= 4 is 28.6 Å². The SMILES string of the molecule is O=C(COc1cccc([C@H](c2ccccc2)N(C(=O)O)C2CN3CCC2CC3)c1)Nc1ccc(CNCC(O)c2ccc(O)c3[nH]c(=O)ccc23)cc1. The second-order valence-corrected chi connectivity index (χ2v) is 13.7. The van der Waals surface area contributed by atoms with Gasteiger partial charge in [0.25, 0.3) is 5.91 Å². The minimum atomic E-state index is -0.954. The van der Waals surface area contributed by atoms with Gasteiger partial charge in [-0.2, -0.15) is 0 Å². The summed E-state index contributed by atoms with van der Waals surface area (Å²) in [5.41, 5.74) is 3.70. The Bertz CT molecular complexity index is 2120. The van der Waals surface area contributed by atoms with Crippen molar-refractivity contribution in [3.63, 3.8) is 0 Å². The third-order valence-electron chi connectivity index (χ3n) is 10.3. The number of phenolic OH excluding ortho intramolecular Hbond substituents is 1. The van der Waals surface area contributed by atoms with E-state index in [0.717, 1.165) is 49.2 Å². The molecular weight excluding hydrogens is 674 g/mol. The Morgan fingerprint density at radius 3 is 2.40 bits per heavy atom. The number of nitrogens with zero attached hydrogens (tertiary/aromatic N) is 2. The van der Waals surface area contributed by atoms with Crippen LogP contribution in [-0.2, 0) is 11.3 Å². The molecule has 3 aliphatic heterocycles. The number of carboxylic acid groups (broad SMARTS) is 1. The third-order valence-corrected chi connectivity index (χ3v) is 10.3. The summed E-state index contributed by atoms with van der Waals surface area (Å²) in [4.78, 5) is 44.1. The van der Waals surface area contributed by atoms with E-state index in [1.807, 2.05) is 60.7 Å². The number of aromatic nitrogens is 1. The molecule has 2 unspecified atom stereocenters. The number of H-pyrrole nitrogens is 1. The number of amides is 2. The van der Waals surface area contributed by atoms with Crippen molar-refractivity contribution in [3.05, 3.63) is 136 Å². The summed E-state index contributed by atoms with van der Waals surface area (Å²) in [5.74, 6) is 0.378. The van der Waals surface area contributed by atoms with E-state index in [9.17, 15) is 29.7 Å². The molecule has 4 aromatic carbocycles. The number of aromatic amines is 1. The average molecular weight is 718 g/mol. The zero-order valence-corrected chi connectivity index (χ0v) is 29.2. The Morgan fingerprint density at radius 1 is 0.925 bits per heavy atom. The van der Waals surface area contributed by atoms with Crippen LogP contribution in [0, 0.1) is 5.92 Å². The van der Waals surface area contributed by atoms with Gasteiger partial charge in [0.2, 0.25) is 5.56 Å². The molecule has 3 saturated heterocycles. The van der Waals surface area contributed by atoms with Crippen LogP contribution < -0.4 is 20.9 Å². The van der Waals surface area contributed by atoms with Crippen LogP contribution in [-0.4, -0.2) is 80.9 Å². The monoisotopic (exact) mass is 717 g/mol. The summed E-state index contributed by atoms with van der Waals surface area (Å²) in [6, 6.07) is 29.7. The van der Waals surface area contributed by atoms with E-state index in [-0.39, 0.29) is 41.9 Å². The zero-order valence-electron chi connectivity index (χ0n) is 29.2. The van der Waals surface area contributed by atoms with E-state index in [1.165, 1.54) is 12.1 Å². The van der Waals surface area contributed by atoms with Crippen LogP contribution in [0.5, 0.6) is 11.5 Å². The van der Waals surface area contributed by atoms with E-state index < -0.39 is 18.2 Å². The maximum absolute atomic E-state index is 12.9. The van der Waals surface area contributed by atoms with E-state index in [4.69, 9.17) is 4.74 Å². The molecule has 5 aromatic rings. The minimum absolute atomic E-state index is 0.0642. The van der Waals surface area contributed by atoms with Gasteiger partial charge in [-0.15, -0.1) is 0 Å². The van der Waals surface area contributed by atoms with Crippen molar-refractivity contribution in [2.24, 2.45) is 5.92 Å². The molecule has 53 heavy (non-hydrogen) atoms. The number of aliphatic hydroxyl groups is 1. The van der Waals surface area contributed by atoms with Gasteiger partial charge in [-0.05, 0) is 90.5 Å². The molecule has 2 amide bonds. The number of fused-ring (bicyclic) bond motifs is 4. The number of piperidine rings is 3. The van der Waals surface area contributed by atoms with Crippen molar-refractivity contribution in [1.29, 1.82) is 0 Å². The predicted octanol–water partition coefficient (Wildman–Crippen LogP) is 5.24. The second kappa shape index (κ2) is 15.9. The van der Waals surface area contributed by atoms with Gasteiger partial charge in [0, 0.05) is 36.8 Å². The molecule has 12 nitrogen and oxygen atoms in total. The molecule has 3 aliphatic rings. The lowest BCUT2D eigenvalue weighted by molar-refractivity contribution is -0.118. The van der Waals surface area contributed by atoms with Crippen molar-refractivity contribution in [2.75, 3.05) is 38.1 Å². The first-order valence-electron chi connectivity index (χ1n) is 17.9. The van der Waals surface area contributed by atoms with Crippen LogP contribution in [0.2, 0.25) is 0 Å². The fraction of sp³-hybridized carbons (Fsp3) is 0.293. The highest BCUT2D eigenvalue weighted by atomic mass is 16.5. The van der Waals surface area contributed by atoms with Crippen molar-refractivity contribution in [1.82, 2.24) is 20.1 Å². The van der Waals surface area contributed by atoms with Gasteiger partial charge < -0.3 is 40.6 Å². The standard InChI is InChI=1S/C41H43N5O7/c47-35-15-13-32(33-14-16-37(49)44-39(33)35)36(48)23-42-22-26-9-11-30(12-10-26)43-38(50)25-53-31-8-4-7-29(21-31)40(28-5-2-1-3-6-28)46(41(51)52)34-24-45-19-17-27(34)18-20-45/h1-16,21,27,34,36,40,42,47-48H,17-20,22-25H2,(H,43,50)(H,44,49)(H,51,52)/t34?,36?,40-/m0/s1. The number of carbonyl (C=O) groups excluding carboxylic acids is 1. The molecular formula is C41H43N5O7. The van der Waals surface area contributed by atoms with Crippen LogP contribution in [0.1, 0.15) is 47.2 Å². The Hall–Kier alpha value is -5.69. The molecule has 3 atom stereocenters. The summed E-state index contributed by atoms with van der Waals surface area (Å²) in [7, 11) is 0. The van der Waals surface area contributed by atoms with Gasteiger partial charge in [0.1, 0.15) is 11.5 Å². The third kappa shape index (κ3) is 8.20. The van der Waals surface area contributed by atoms with Gasteiger partial charge in [-0.3, -0.25) is 14.5 Å². The van der Waals surface area contributed by atoms with Crippen molar-refractivity contribution in [2.45, 2.75) is 37.6 Å². The lowest BCUT2D eigenvalue weighted by Gasteiger charge is -2.50. The quantitative estimate of drug-likeness (QED) is 0.0955. The maximum atomic E-state index is 12.9. The molecule has 0 aliphatic carbocycles. The van der Waals surface area contributed by atoms with E-state index >= 15 is 0 Å². The minimum Gasteiger partial charge on any atom is -0.506 e. The number of pyridine rings is 1. The fourth-order valence-electron chi connectivity index (χ4n) is 7.68. The van der Waals surface area contributed by atoms with Crippen LogP contribution in [0.15, 0.2) is 108 Å². The topological polar surface area (TPSA) is 167 Å². The van der Waals surface area contributed by atoms with Gasteiger partial charge in [-0.1, -0.05) is 60.7 Å². The number of carbonyl (C=O) groups is 2. The molecule has 6 N–H and O–H groups in total. The molecule has 4 heterocycles. The summed E-state index contributed by atoms with van der Waals surface area (Å²) in [5, 5.41) is 38.2. The molecule has 3 fully saturated rings. The number of benzene rings is 4. The van der Waals surface area contributed by atoms with E-state index in [0.29, 0.717) is 34.8 Å². The first kappa shape index (κ1) is 35.7. The van der Waals surface area contributed by atoms with Crippen LogP contribution >= 0.6 is 0 Å². The Labute approximate surface area is 306 Å². The smallest absolute Gasteiger partial charge is 0.408 e. The number of phenols is 1. The number of hydrogen-bond acceptors (Lipinski definition) is 8. The number of rotatable bonds is 13. The predicted molar refractivity (Wildman–Crippen MR) is 201 cm³/mol. The van der Waals surface area contributed by atoms with Crippen LogP contribution in [0.25, 0.3) is 10.9 Å². The molecule has 274 valence electrons. The van der Waals surface area contributed by atoms with Crippen molar-refractivity contribution in [3.8, 4) is 11.5 Å². The van der Waals surface area contributed by atoms with E-state index in [2.05, 4.69) is 20.5 Å². The summed E-state index contributed by atoms with van der Waals surface area (Å²) < 4.78 is 5.93. The highest BCUT2D eigenvalue weighted by Crippen LogP contribution is 2.39. The Balaban J connectivity index is 0.949. The van der Waals surface area contributed by atoms with Gasteiger partial charge >= 0.3 is 6.09 Å². The number of hydrogen-bond donors (Lipinski definition) is 6. The Kier molecular flexibility index (Phi) is 10.7. The summed E-state index contributed by atoms with van der Waals surface area (Å²) >= 11 is 0. The molecule has 0 saturated carbocycles. The van der Waals surface area contributed by atoms with Crippen LogP contribution in [0.4, 0.5) is 10.5 Å². The number of anilines is 1. The van der Waals surface area contributed by atoms with Gasteiger partial charge in [-0.25, -0.2) is 4.79 Å². The van der Waals surface area contributed by atoms with Gasteiger partial charge in [0.15, 0.2) is 6.61 Å². The lowest BCUT2D eigenvalue weighted by atomic mass is 9.81. The molecule has 12 heteroatoms. The Morgan fingerprint density at radius 2 is 1.68 bits per heavy atom. The molecule has 8 rings (SSSR count). The number of ether oxygens (including phenoxy) is 1. The largest absolute Gasteiger partial charge is 0.506 e. The van der Waals surface area contributed by atoms with E-state index in [1.54, 1.807) is 35.2 Å². The zero-order chi connectivity index (χ0) is 36.9. The first-order valence-corrected chi connectivity index (χ1v) is 17.9. The maximum Gasteiger partial charge on any atom is 0.408 e. The average Bonchev–Trinajstić information content (AvgIpc) is 3.18. The lowest BCUT2D eigenvalue weighted by Crippen LogP contribution is -2.59. The molecule has 0 spiro atoms. The summed E-state index contributed by atoms with van der Waals surface area (Å²) in [6.45, 7) is 3.20. The highest BCUT2D eigenvalue weighted by Gasteiger charge is 2.43. The highest BCUT2D eigenvalue weighted by molar-refractivity contribution is 5.92. The first-order chi connectivity index (χ1) is 25.7. The molecule has 1 aromatic heterocycles. The van der Waals surface area contributed by atoms with Crippen molar-refractivity contribution < 1.29 is 29.6 Å². The normalized spacial score (nSPS) is 19.0. The molecule has 0 radical (unpaired) electrons. The van der Waals surface area contributed by atoms with Gasteiger partial charge in [0.05, 0.1) is 23.7 Å². The number of aliphatic hydroxyl groups excluding tert-OH is 1. The second-order valence-electron chi connectivity index (χ2n) is 13.7. The summed E-state index contributed by atoms with van der Waals surface area (Å²) in [6.07, 6.45) is 0.144.